The zero-order valence-corrected chi connectivity index (χ0v) is 17.0. The SMILES string of the molecule is O=S(=O)(C1CC1)N1CCC(Nc2nc(-c3ccsc3)nc3ccccc23)CC1. The van der Waals surface area contributed by atoms with E-state index in [1.807, 2.05) is 35.7 Å². The molecule has 6 nitrogen and oxygen atoms in total. The predicted molar refractivity (Wildman–Crippen MR) is 113 cm³/mol. The number of rotatable bonds is 5. The van der Waals surface area contributed by atoms with Crippen LogP contribution in [-0.4, -0.2) is 47.1 Å². The summed E-state index contributed by atoms with van der Waals surface area (Å²) in [6.45, 7) is 1.16. The average Bonchev–Trinajstić information content (AvgIpc) is 3.44. The first-order valence-corrected chi connectivity index (χ1v) is 12.1. The second-order valence-electron chi connectivity index (χ2n) is 7.49. The molecule has 0 bridgehead atoms. The van der Waals surface area contributed by atoms with Crippen LogP contribution in [-0.2, 0) is 10.0 Å². The molecule has 1 aliphatic heterocycles. The number of fused-ring (bicyclic) bond motifs is 1. The van der Waals surface area contributed by atoms with E-state index in [9.17, 15) is 8.42 Å². The maximum Gasteiger partial charge on any atom is 0.216 e. The fourth-order valence-corrected chi connectivity index (χ4v) is 6.24. The smallest absolute Gasteiger partial charge is 0.216 e. The molecule has 0 radical (unpaired) electrons. The lowest BCUT2D eigenvalue weighted by atomic mass is 10.1. The summed E-state index contributed by atoms with van der Waals surface area (Å²) in [6, 6.07) is 10.2. The molecule has 2 fully saturated rings. The maximum atomic E-state index is 12.4. The Morgan fingerprint density at radius 1 is 1.04 bits per heavy atom. The van der Waals surface area contributed by atoms with Gasteiger partial charge in [0.15, 0.2) is 5.82 Å². The highest BCUT2D eigenvalue weighted by atomic mass is 32.2. The number of nitrogens with one attached hydrogen (secondary N) is 1. The molecule has 0 atom stereocenters. The van der Waals surface area contributed by atoms with Gasteiger partial charge >= 0.3 is 0 Å². The van der Waals surface area contributed by atoms with Crippen molar-refractivity contribution in [3.63, 3.8) is 0 Å². The van der Waals surface area contributed by atoms with Gasteiger partial charge in [-0.1, -0.05) is 12.1 Å². The van der Waals surface area contributed by atoms with Crippen molar-refractivity contribution in [3.8, 4) is 11.4 Å². The summed E-state index contributed by atoms with van der Waals surface area (Å²) >= 11 is 1.63. The van der Waals surface area contributed by atoms with Gasteiger partial charge in [-0.25, -0.2) is 22.7 Å². The highest BCUT2D eigenvalue weighted by Gasteiger charge is 2.41. The Bertz CT molecular complexity index is 1090. The van der Waals surface area contributed by atoms with E-state index in [0.717, 1.165) is 53.8 Å². The van der Waals surface area contributed by atoms with Crippen molar-refractivity contribution in [1.82, 2.24) is 14.3 Å². The Balaban J connectivity index is 1.38. The first kappa shape index (κ1) is 18.0. The van der Waals surface area contributed by atoms with E-state index in [-0.39, 0.29) is 11.3 Å². The minimum atomic E-state index is -3.08. The summed E-state index contributed by atoms with van der Waals surface area (Å²) in [5.41, 5.74) is 1.93. The van der Waals surface area contributed by atoms with Gasteiger partial charge < -0.3 is 5.32 Å². The summed E-state index contributed by atoms with van der Waals surface area (Å²) in [7, 11) is -3.08. The standard InChI is InChI=1S/C20H22N4O2S2/c25-28(26,16-5-6-16)24-10-7-15(8-11-24)21-20-17-3-1-2-4-18(17)22-19(23-20)14-9-12-27-13-14/h1-4,9,12-13,15-16H,5-8,10-11H2,(H,21,22,23). The Hall–Kier alpha value is -2.03. The molecule has 3 aromatic rings. The maximum absolute atomic E-state index is 12.4. The zero-order valence-electron chi connectivity index (χ0n) is 15.4. The molecule has 5 rings (SSSR count). The van der Waals surface area contributed by atoms with E-state index in [2.05, 4.69) is 10.7 Å². The third-order valence-electron chi connectivity index (χ3n) is 5.48. The molecular formula is C20H22N4O2S2. The van der Waals surface area contributed by atoms with Gasteiger partial charge in [0.25, 0.3) is 0 Å². The van der Waals surface area contributed by atoms with E-state index in [4.69, 9.17) is 9.97 Å². The highest BCUT2D eigenvalue weighted by molar-refractivity contribution is 7.90. The van der Waals surface area contributed by atoms with Crippen molar-refractivity contribution >= 4 is 38.1 Å². The molecule has 28 heavy (non-hydrogen) atoms. The molecular weight excluding hydrogens is 392 g/mol. The number of aromatic nitrogens is 2. The van der Waals surface area contributed by atoms with Crippen LogP contribution >= 0.6 is 11.3 Å². The van der Waals surface area contributed by atoms with Crippen LogP contribution < -0.4 is 5.32 Å². The van der Waals surface area contributed by atoms with Crippen molar-refractivity contribution in [2.75, 3.05) is 18.4 Å². The molecule has 0 amide bonds. The second-order valence-corrected chi connectivity index (χ2v) is 10.5. The third kappa shape index (κ3) is 3.40. The van der Waals surface area contributed by atoms with E-state index in [1.165, 1.54) is 0 Å². The van der Waals surface area contributed by atoms with Crippen molar-refractivity contribution in [1.29, 1.82) is 0 Å². The number of sulfonamides is 1. The fourth-order valence-electron chi connectivity index (χ4n) is 3.73. The van der Waals surface area contributed by atoms with Gasteiger partial charge in [0.05, 0.1) is 10.8 Å². The molecule has 1 N–H and O–H groups in total. The van der Waals surface area contributed by atoms with Crippen molar-refractivity contribution in [2.45, 2.75) is 37.0 Å². The lowest BCUT2D eigenvalue weighted by Crippen LogP contribution is -2.43. The molecule has 1 aromatic carbocycles. The van der Waals surface area contributed by atoms with E-state index < -0.39 is 10.0 Å². The number of hydrogen-bond acceptors (Lipinski definition) is 6. The number of para-hydroxylation sites is 1. The van der Waals surface area contributed by atoms with Gasteiger partial charge in [-0.3, -0.25) is 0 Å². The minimum Gasteiger partial charge on any atom is -0.367 e. The molecule has 2 aliphatic rings. The largest absolute Gasteiger partial charge is 0.367 e. The lowest BCUT2D eigenvalue weighted by Gasteiger charge is -2.32. The van der Waals surface area contributed by atoms with Crippen LogP contribution in [0.1, 0.15) is 25.7 Å². The monoisotopic (exact) mass is 414 g/mol. The van der Waals surface area contributed by atoms with Gasteiger partial charge in [-0.15, -0.1) is 0 Å². The summed E-state index contributed by atoms with van der Waals surface area (Å²) in [4.78, 5) is 9.51. The lowest BCUT2D eigenvalue weighted by molar-refractivity contribution is 0.329. The fraction of sp³-hybridized carbons (Fsp3) is 0.400. The van der Waals surface area contributed by atoms with Crippen molar-refractivity contribution < 1.29 is 8.42 Å². The third-order valence-corrected chi connectivity index (χ3v) is 8.56. The van der Waals surface area contributed by atoms with Crippen LogP contribution in [0.25, 0.3) is 22.3 Å². The second kappa shape index (κ2) is 7.09. The molecule has 1 saturated carbocycles. The number of thiophene rings is 1. The van der Waals surface area contributed by atoms with Crippen LogP contribution in [0, 0.1) is 0 Å². The molecule has 0 unspecified atom stereocenters. The Morgan fingerprint density at radius 2 is 1.82 bits per heavy atom. The number of nitrogens with zero attached hydrogens (tertiary/aromatic N) is 3. The first-order chi connectivity index (χ1) is 13.6. The molecule has 1 saturated heterocycles. The van der Waals surface area contributed by atoms with Gasteiger partial charge in [0.1, 0.15) is 5.82 Å². The molecule has 2 aromatic heterocycles. The van der Waals surface area contributed by atoms with Gasteiger partial charge in [-0.2, -0.15) is 11.3 Å². The van der Waals surface area contributed by atoms with Crippen LogP contribution in [0.5, 0.6) is 0 Å². The normalized spacial score (nSPS) is 19.1. The summed E-state index contributed by atoms with van der Waals surface area (Å²) in [6.07, 6.45) is 3.22. The summed E-state index contributed by atoms with van der Waals surface area (Å²) in [5, 5.41) is 8.52. The predicted octanol–water partition coefficient (Wildman–Crippen LogP) is 3.73. The van der Waals surface area contributed by atoms with E-state index in [1.54, 1.807) is 15.6 Å². The quantitative estimate of drug-likeness (QED) is 0.689. The number of piperidine rings is 1. The Morgan fingerprint density at radius 3 is 2.54 bits per heavy atom. The number of anilines is 1. The van der Waals surface area contributed by atoms with Crippen molar-refractivity contribution in [3.05, 3.63) is 41.1 Å². The Labute approximate surface area is 168 Å². The van der Waals surface area contributed by atoms with Crippen LogP contribution in [0.4, 0.5) is 5.82 Å². The molecule has 3 heterocycles. The van der Waals surface area contributed by atoms with E-state index in [0.29, 0.717) is 13.1 Å². The highest BCUT2D eigenvalue weighted by Crippen LogP contribution is 2.33. The minimum absolute atomic E-state index is 0.129. The van der Waals surface area contributed by atoms with Crippen molar-refractivity contribution in [2.24, 2.45) is 0 Å². The number of hydrogen-bond donors (Lipinski definition) is 1. The van der Waals surface area contributed by atoms with Gasteiger partial charge in [-0.05, 0) is 49.3 Å². The first-order valence-electron chi connectivity index (χ1n) is 9.66. The van der Waals surface area contributed by atoms with Crippen LogP contribution in [0.3, 0.4) is 0 Å². The van der Waals surface area contributed by atoms with Gasteiger partial charge in [0.2, 0.25) is 10.0 Å². The average molecular weight is 415 g/mol. The Kier molecular flexibility index (Phi) is 4.57. The van der Waals surface area contributed by atoms with Crippen LogP contribution in [0.2, 0.25) is 0 Å². The van der Waals surface area contributed by atoms with Gasteiger partial charge in [0, 0.05) is 35.5 Å². The molecule has 146 valence electrons. The molecule has 1 aliphatic carbocycles. The molecule has 8 heteroatoms. The van der Waals surface area contributed by atoms with Crippen LogP contribution in [0.15, 0.2) is 41.1 Å². The summed E-state index contributed by atoms with van der Waals surface area (Å²) in [5.74, 6) is 1.55. The topological polar surface area (TPSA) is 75.2 Å². The molecule has 0 spiro atoms. The van der Waals surface area contributed by atoms with E-state index >= 15 is 0 Å². The summed E-state index contributed by atoms with van der Waals surface area (Å²) < 4.78 is 26.6. The number of benzene rings is 1. The zero-order chi connectivity index (χ0) is 19.1.